The molecule has 0 spiro atoms. The lowest BCUT2D eigenvalue weighted by Gasteiger charge is -2.30. The van der Waals surface area contributed by atoms with E-state index in [0.717, 1.165) is 56.7 Å². The van der Waals surface area contributed by atoms with Crippen molar-refractivity contribution in [2.24, 2.45) is 0 Å². The van der Waals surface area contributed by atoms with Crippen molar-refractivity contribution in [3.8, 4) is 0 Å². The Labute approximate surface area is 133 Å². The second-order valence-corrected chi connectivity index (χ2v) is 9.39. The summed E-state index contributed by atoms with van der Waals surface area (Å²) in [5.74, 6) is 0. The van der Waals surface area contributed by atoms with Gasteiger partial charge in [-0.3, -0.25) is 0 Å². The molecule has 0 aliphatic heterocycles. The Morgan fingerprint density at radius 2 is 1.48 bits per heavy atom. The van der Waals surface area contributed by atoms with E-state index in [0.29, 0.717) is 6.61 Å². The fraction of sp³-hybridized carbons (Fsp3) is 0.882. The molecule has 0 aromatic carbocycles. The van der Waals surface area contributed by atoms with Crippen molar-refractivity contribution in [1.29, 1.82) is 0 Å². The molecule has 0 aliphatic carbocycles. The Morgan fingerprint density at radius 1 is 0.905 bits per heavy atom. The molecule has 0 heterocycles. The highest BCUT2D eigenvalue weighted by Gasteiger charge is 2.34. The summed E-state index contributed by atoms with van der Waals surface area (Å²) in [5.41, 5.74) is 1.08. The molecule has 0 amide bonds. The molecule has 0 aromatic rings. The summed E-state index contributed by atoms with van der Waals surface area (Å²) in [7, 11) is -2.02. The second kappa shape index (κ2) is 13.5. The van der Waals surface area contributed by atoms with Crippen LogP contribution in [0.3, 0.4) is 0 Å². The van der Waals surface area contributed by atoms with Crippen LogP contribution < -0.4 is 0 Å². The van der Waals surface area contributed by atoms with Gasteiger partial charge in [-0.1, -0.05) is 45.8 Å². The lowest BCUT2D eigenvalue weighted by molar-refractivity contribution is 0.141. The van der Waals surface area contributed by atoms with Gasteiger partial charge < -0.3 is 13.6 Å². The van der Waals surface area contributed by atoms with E-state index in [4.69, 9.17) is 13.6 Å². The smallest absolute Gasteiger partial charge is 0.337 e. The molecule has 0 atom stereocenters. The molecule has 0 saturated heterocycles. The number of rotatable bonds is 15. The largest absolute Gasteiger partial charge is 0.394 e. The van der Waals surface area contributed by atoms with Crippen molar-refractivity contribution in [3.05, 3.63) is 12.2 Å². The van der Waals surface area contributed by atoms with Crippen LogP contribution in [0.2, 0.25) is 12.1 Å². The zero-order valence-electron chi connectivity index (χ0n) is 14.7. The molecular weight excluding hydrogens is 280 g/mol. The van der Waals surface area contributed by atoms with Gasteiger partial charge in [-0.2, -0.15) is 0 Å². The van der Waals surface area contributed by atoms with Crippen LogP contribution in [0.4, 0.5) is 0 Å². The number of hydrogen-bond donors (Lipinski definition) is 0. The normalized spacial score (nSPS) is 11.8. The van der Waals surface area contributed by atoms with Gasteiger partial charge in [0, 0.05) is 19.8 Å². The van der Waals surface area contributed by atoms with E-state index in [1.807, 2.05) is 6.92 Å². The molecule has 21 heavy (non-hydrogen) atoms. The molecule has 0 saturated carbocycles. The predicted molar refractivity (Wildman–Crippen MR) is 93.0 cm³/mol. The maximum absolute atomic E-state index is 6.24. The second-order valence-electron chi connectivity index (χ2n) is 5.78. The molecule has 0 aliphatic rings. The zero-order chi connectivity index (χ0) is 16.0. The fourth-order valence-electron chi connectivity index (χ4n) is 2.06. The van der Waals surface area contributed by atoms with E-state index in [1.165, 1.54) is 12.8 Å². The minimum atomic E-state index is -2.02. The third-order valence-electron chi connectivity index (χ3n) is 3.46. The Morgan fingerprint density at radius 3 is 1.90 bits per heavy atom. The first-order valence-corrected chi connectivity index (χ1v) is 10.8. The highest BCUT2D eigenvalue weighted by atomic mass is 28.4. The van der Waals surface area contributed by atoms with Crippen LogP contribution in [-0.2, 0) is 13.6 Å². The zero-order valence-corrected chi connectivity index (χ0v) is 15.7. The van der Waals surface area contributed by atoms with Crippen molar-refractivity contribution >= 4 is 8.56 Å². The van der Waals surface area contributed by atoms with Crippen LogP contribution in [0, 0.1) is 0 Å². The quantitative estimate of drug-likeness (QED) is 0.240. The van der Waals surface area contributed by atoms with Gasteiger partial charge in [0.2, 0.25) is 0 Å². The lowest BCUT2D eigenvalue weighted by atomic mass is 10.4. The summed E-state index contributed by atoms with van der Waals surface area (Å²) in [5, 5.41) is 0. The summed E-state index contributed by atoms with van der Waals surface area (Å²) in [6, 6.07) is 2.06. The summed E-state index contributed by atoms with van der Waals surface area (Å²) >= 11 is 0. The lowest BCUT2D eigenvalue weighted by Crippen LogP contribution is -2.42. The van der Waals surface area contributed by atoms with E-state index in [-0.39, 0.29) is 0 Å². The molecule has 0 unspecified atom stereocenters. The highest BCUT2D eigenvalue weighted by Crippen LogP contribution is 2.22. The first-order valence-electron chi connectivity index (χ1n) is 8.60. The molecule has 0 fully saturated rings. The minimum Gasteiger partial charge on any atom is -0.394 e. The van der Waals surface area contributed by atoms with Crippen molar-refractivity contribution in [2.45, 2.75) is 71.9 Å². The molecule has 0 rings (SSSR count). The summed E-state index contributed by atoms with van der Waals surface area (Å²) in [6.45, 7) is 15.6. The third-order valence-corrected chi connectivity index (χ3v) is 7.11. The minimum absolute atomic E-state index is 0.661. The van der Waals surface area contributed by atoms with Gasteiger partial charge >= 0.3 is 8.56 Å². The van der Waals surface area contributed by atoms with Gasteiger partial charge in [0.1, 0.15) is 0 Å². The van der Waals surface area contributed by atoms with E-state index in [9.17, 15) is 0 Å². The van der Waals surface area contributed by atoms with Crippen molar-refractivity contribution in [2.75, 3.05) is 26.4 Å². The van der Waals surface area contributed by atoms with Gasteiger partial charge in [-0.05, 0) is 38.3 Å². The number of hydrogen-bond acceptors (Lipinski definition) is 3. The predicted octanol–water partition coefficient (Wildman–Crippen LogP) is 5.06. The highest BCUT2D eigenvalue weighted by molar-refractivity contribution is 6.67. The monoisotopic (exact) mass is 316 g/mol. The number of ether oxygens (including phenoxy) is 1. The van der Waals surface area contributed by atoms with Gasteiger partial charge in [0.25, 0.3) is 0 Å². The van der Waals surface area contributed by atoms with Crippen LogP contribution >= 0.6 is 0 Å². The molecule has 0 radical (unpaired) electrons. The molecule has 0 N–H and O–H groups in total. The summed E-state index contributed by atoms with van der Waals surface area (Å²) in [6.07, 6.45) is 5.61. The van der Waals surface area contributed by atoms with Gasteiger partial charge in [-0.15, -0.1) is 0 Å². The summed E-state index contributed by atoms with van der Waals surface area (Å²) < 4.78 is 18.1. The van der Waals surface area contributed by atoms with E-state index < -0.39 is 8.56 Å². The van der Waals surface area contributed by atoms with Crippen LogP contribution in [0.5, 0.6) is 0 Å². The number of unbranched alkanes of at least 4 members (excludes halogenated alkanes) is 2. The van der Waals surface area contributed by atoms with Crippen LogP contribution in [0.15, 0.2) is 12.2 Å². The molecule has 0 aromatic heterocycles. The van der Waals surface area contributed by atoms with Gasteiger partial charge in [0.05, 0.1) is 6.61 Å². The molecule has 4 heteroatoms. The Hall–Kier alpha value is -0.163. The van der Waals surface area contributed by atoms with Crippen LogP contribution in [-0.4, -0.2) is 35.0 Å². The Bertz CT molecular complexity index is 246. The van der Waals surface area contributed by atoms with Crippen LogP contribution in [0.1, 0.15) is 59.8 Å². The SMILES string of the molecule is C=C(C)COCCC[Si](CC)(OCCCC)OCCCC. The van der Waals surface area contributed by atoms with E-state index >= 15 is 0 Å². The van der Waals surface area contributed by atoms with Crippen molar-refractivity contribution < 1.29 is 13.6 Å². The summed E-state index contributed by atoms with van der Waals surface area (Å²) in [4.78, 5) is 0. The van der Waals surface area contributed by atoms with E-state index in [1.54, 1.807) is 0 Å². The van der Waals surface area contributed by atoms with E-state index in [2.05, 4.69) is 27.4 Å². The third kappa shape index (κ3) is 11.1. The maximum atomic E-state index is 6.24. The van der Waals surface area contributed by atoms with Crippen molar-refractivity contribution in [1.82, 2.24) is 0 Å². The average molecular weight is 317 g/mol. The molecule has 3 nitrogen and oxygen atoms in total. The molecular formula is C17H36O3Si. The Kier molecular flexibility index (Phi) is 13.4. The first-order chi connectivity index (χ1) is 10.1. The Balaban J connectivity index is 4.21. The topological polar surface area (TPSA) is 27.7 Å². The molecule has 0 bridgehead atoms. The first kappa shape index (κ1) is 20.8. The maximum Gasteiger partial charge on any atom is 0.337 e. The molecule has 126 valence electrons. The fourth-order valence-corrected chi connectivity index (χ4v) is 4.91. The van der Waals surface area contributed by atoms with Crippen LogP contribution in [0.25, 0.3) is 0 Å². The van der Waals surface area contributed by atoms with Crippen molar-refractivity contribution in [3.63, 3.8) is 0 Å². The van der Waals surface area contributed by atoms with Gasteiger partial charge in [-0.25, -0.2) is 0 Å². The average Bonchev–Trinajstić information content (AvgIpc) is 2.46. The standard InChI is InChI=1S/C17H36O3Si/c1-6-9-13-19-21(8-3,20-14-10-7-2)15-11-12-18-16-17(4)5/h4,6-16H2,1-3,5H3. The van der Waals surface area contributed by atoms with Gasteiger partial charge in [0.15, 0.2) is 0 Å².